The summed E-state index contributed by atoms with van der Waals surface area (Å²) in [5.74, 6) is -2.53. The van der Waals surface area contributed by atoms with Crippen molar-refractivity contribution in [1.29, 1.82) is 0 Å². The number of aliphatic hydroxyl groups is 2. The molecule has 4 N–H and O–H groups in total. The number of para-hydroxylation sites is 2. The fourth-order valence-corrected chi connectivity index (χ4v) is 2.27. The first kappa shape index (κ1) is 26.1. The van der Waals surface area contributed by atoms with E-state index in [0.717, 1.165) is 5.75 Å². The van der Waals surface area contributed by atoms with E-state index in [0.29, 0.717) is 31.6 Å². The van der Waals surface area contributed by atoms with Gasteiger partial charge in [0, 0.05) is 6.08 Å². The molecule has 0 radical (unpaired) electrons. The number of ether oxygens (including phenoxy) is 2. The number of aliphatic hydroxyl groups excluding tert-OH is 2. The van der Waals surface area contributed by atoms with Gasteiger partial charge >= 0.3 is 11.9 Å². The number of carbonyl (C=O) groups is 2. The molecule has 172 valence electrons. The molecule has 0 bridgehead atoms. The van der Waals surface area contributed by atoms with Crippen LogP contribution in [0.25, 0.3) is 0 Å². The number of unbranched alkanes of at least 4 members (excludes halogenated alkanes) is 1. The first-order valence-corrected chi connectivity index (χ1v) is 9.99. The molecule has 0 fully saturated rings. The van der Waals surface area contributed by atoms with Gasteiger partial charge in [-0.05, 0) is 49.6 Å². The first-order valence-electron chi connectivity index (χ1n) is 9.99. The highest BCUT2D eigenvalue weighted by atomic mass is 16.5. The monoisotopic (exact) mass is 444 g/mol. The van der Waals surface area contributed by atoms with Crippen molar-refractivity contribution < 1.29 is 39.5 Å². The van der Waals surface area contributed by atoms with Crippen LogP contribution in [0.3, 0.4) is 0 Å². The van der Waals surface area contributed by atoms with Gasteiger partial charge in [0.05, 0.1) is 6.61 Å². The molecule has 2 rings (SSSR count). The summed E-state index contributed by atoms with van der Waals surface area (Å²) in [5, 5.41) is 34.8. The highest BCUT2D eigenvalue weighted by Crippen LogP contribution is 2.14. The van der Waals surface area contributed by atoms with Gasteiger partial charge < -0.3 is 29.9 Å². The first-order chi connectivity index (χ1) is 15.3. The molecule has 0 amide bonds. The fourth-order valence-electron chi connectivity index (χ4n) is 2.27. The van der Waals surface area contributed by atoms with Crippen LogP contribution in [0.1, 0.15) is 26.2 Å². The van der Waals surface area contributed by atoms with Crippen molar-refractivity contribution in [3.8, 4) is 11.5 Å². The molecule has 0 aliphatic rings. The van der Waals surface area contributed by atoms with E-state index >= 15 is 0 Å². The highest BCUT2D eigenvalue weighted by molar-refractivity contribution is 5.84. The van der Waals surface area contributed by atoms with Gasteiger partial charge in [-0.3, -0.25) is 0 Å². The summed E-state index contributed by atoms with van der Waals surface area (Å²) in [5.41, 5.74) is 0. The molecule has 2 aromatic carbocycles. The lowest BCUT2D eigenvalue weighted by Crippen LogP contribution is -2.15. The molecule has 0 saturated heterocycles. The molecule has 0 heterocycles. The van der Waals surface area contributed by atoms with E-state index in [9.17, 15) is 9.59 Å². The smallest absolute Gasteiger partial charge is 0.370 e. The molecule has 0 aromatic heterocycles. The molecule has 8 heteroatoms. The third-order valence-electron chi connectivity index (χ3n) is 3.91. The lowest BCUT2D eigenvalue weighted by Gasteiger charge is -2.13. The lowest BCUT2D eigenvalue weighted by molar-refractivity contribution is -0.136. The second-order valence-corrected chi connectivity index (χ2v) is 6.43. The molecule has 2 aromatic rings. The lowest BCUT2D eigenvalue weighted by atomic mass is 10.2. The van der Waals surface area contributed by atoms with Gasteiger partial charge in [-0.1, -0.05) is 43.3 Å². The van der Waals surface area contributed by atoms with Crippen molar-refractivity contribution in [1.82, 2.24) is 0 Å². The number of hydrogen-bond acceptors (Lipinski definition) is 6. The highest BCUT2D eigenvalue weighted by Gasteiger charge is 2.10. The Morgan fingerprint density at radius 1 is 0.844 bits per heavy atom. The van der Waals surface area contributed by atoms with Gasteiger partial charge in [-0.2, -0.15) is 0 Å². The number of allylic oxidation sites excluding steroid dienone is 1. The van der Waals surface area contributed by atoms with Gasteiger partial charge in [-0.25, -0.2) is 9.59 Å². The van der Waals surface area contributed by atoms with E-state index in [-0.39, 0.29) is 0 Å². The Morgan fingerprint density at radius 2 is 1.38 bits per heavy atom. The average Bonchev–Trinajstić information content (AvgIpc) is 2.79. The van der Waals surface area contributed by atoms with Crippen LogP contribution in [-0.2, 0) is 9.59 Å². The fraction of sp³-hybridized carbons (Fsp3) is 0.250. The van der Waals surface area contributed by atoms with E-state index in [1.54, 1.807) is 12.1 Å². The van der Waals surface area contributed by atoms with Crippen molar-refractivity contribution in [2.75, 3.05) is 6.61 Å². The minimum absolute atomic E-state index is 0.446. The number of hydrogen-bond donors (Lipinski definition) is 4. The van der Waals surface area contributed by atoms with E-state index in [1.807, 2.05) is 55.5 Å². The summed E-state index contributed by atoms with van der Waals surface area (Å²) in [6.07, 6.45) is 3.73. The molecule has 0 spiro atoms. The molecule has 1 unspecified atom stereocenters. The second-order valence-electron chi connectivity index (χ2n) is 6.43. The van der Waals surface area contributed by atoms with Crippen LogP contribution < -0.4 is 9.47 Å². The molecule has 8 nitrogen and oxygen atoms in total. The topological polar surface area (TPSA) is 134 Å². The van der Waals surface area contributed by atoms with Crippen molar-refractivity contribution in [2.45, 2.75) is 32.3 Å². The van der Waals surface area contributed by atoms with Crippen LogP contribution in [0.15, 0.2) is 84.3 Å². The zero-order valence-electron chi connectivity index (χ0n) is 17.8. The van der Waals surface area contributed by atoms with Crippen LogP contribution in [0.4, 0.5) is 0 Å². The Hall–Kier alpha value is -3.94. The summed E-state index contributed by atoms with van der Waals surface area (Å²) in [4.78, 5) is 20.7. The molecule has 0 saturated carbocycles. The Labute approximate surface area is 186 Å². The zero-order chi connectivity index (χ0) is 23.8. The maximum absolute atomic E-state index is 10.4. The van der Waals surface area contributed by atoms with Crippen molar-refractivity contribution >= 4 is 11.9 Å². The van der Waals surface area contributed by atoms with Crippen LogP contribution in [0, 0.1) is 0 Å². The van der Waals surface area contributed by atoms with Crippen LogP contribution >= 0.6 is 0 Å². The van der Waals surface area contributed by atoms with E-state index in [2.05, 4.69) is 0 Å². The van der Waals surface area contributed by atoms with Crippen LogP contribution in [0.2, 0.25) is 0 Å². The maximum Gasteiger partial charge on any atom is 0.370 e. The summed E-state index contributed by atoms with van der Waals surface area (Å²) in [7, 11) is 0. The average molecular weight is 444 g/mol. The third kappa shape index (κ3) is 11.3. The maximum atomic E-state index is 10.4. The number of aliphatic carboxylic acids is 2. The molecule has 1 atom stereocenters. The Morgan fingerprint density at radius 3 is 1.88 bits per heavy atom. The SMILES string of the molecule is CCC(/C=C(\O)C(=O)O)Oc1ccccc1.O=C(O)/C(O)=C/CCCOc1ccccc1. The van der Waals surface area contributed by atoms with Crippen molar-refractivity contribution in [3.05, 3.63) is 84.3 Å². The van der Waals surface area contributed by atoms with Gasteiger partial charge in [0.15, 0.2) is 5.76 Å². The quantitative estimate of drug-likeness (QED) is 0.222. The third-order valence-corrected chi connectivity index (χ3v) is 3.91. The van der Waals surface area contributed by atoms with Crippen molar-refractivity contribution in [2.24, 2.45) is 0 Å². The number of carboxylic acid groups (broad SMARTS) is 2. The molecule has 32 heavy (non-hydrogen) atoms. The molecular formula is C24H28O8. The van der Waals surface area contributed by atoms with E-state index in [1.165, 1.54) is 12.2 Å². The molecular weight excluding hydrogens is 416 g/mol. The zero-order valence-corrected chi connectivity index (χ0v) is 17.8. The Balaban J connectivity index is 0.000000320. The standard InChI is InChI=1S/2C12H14O4/c1-2-9(8-11(13)12(14)15)16-10-6-4-3-5-7-10;13-11(12(14)15)8-4-5-9-16-10-6-2-1-3-7-10/h3-9,13H,2H2,1H3,(H,14,15);1-3,6-8,13H,4-5,9H2,(H,14,15)/b2*11-8-. The predicted octanol–water partition coefficient (Wildman–Crippen LogP) is 4.74. The molecule has 0 aliphatic carbocycles. The van der Waals surface area contributed by atoms with Gasteiger partial charge in [-0.15, -0.1) is 0 Å². The van der Waals surface area contributed by atoms with Gasteiger partial charge in [0.2, 0.25) is 5.76 Å². The molecule has 0 aliphatic heterocycles. The van der Waals surface area contributed by atoms with E-state index < -0.39 is 29.6 Å². The number of rotatable bonds is 11. The normalized spacial score (nSPS) is 12.2. The number of benzene rings is 2. The summed E-state index contributed by atoms with van der Waals surface area (Å²) in [6, 6.07) is 18.4. The van der Waals surface area contributed by atoms with Crippen LogP contribution in [-0.4, -0.2) is 45.1 Å². The Kier molecular flexibility index (Phi) is 12.2. The largest absolute Gasteiger partial charge is 0.502 e. The predicted molar refractivity (Wildman–Crippen MR) is 119 cm³/mol. The minimum Gasteiger partial charge on any atom is -0.502 e. The minimum atomic E-state index is -1.35. The summed E-state index contributed by atoms with van der Waals surface area (Å²) in [6.45, 7) is 2.34. The summed E-state index contributed by atoms with van der Waals surface area (Å²) < 4.78 is 10.9. The summed E-state index contributed by atoms with van der Waals surface area (Å²) >= 11 is 0. The van der Waals surface area contributed by atoms with Gasteiger partial charge in [0.1, 0.15) is 17.6 Å². The Bertz CT molecular complexity index is 875. The van der Waals surface area contributed by atoms with Gasteiger partial charge in [0.25, 0.3) is 0 Å². The van der Waals surface area contributed by atoms with E-state index in [4.69, 9.17) is 29.9 Å². The number of carboxylic acids is 2. The van der Waals surface area contributed by atoms with Crippen molar-refractivity contribution in [3.63, 3.8) is 0 Å². The van der Waals surface area contributed by atoms with Crippen LogP contribution in [0.5, 0.6) is 11.5 Å². The second kappa shape index (κ2) is 15.0.